The van der Waals surface area contributed by atoms with E-state index in [1.54, 1.807) is 0 Å². The van der Waals surface area contributed by atoms with Crippen LogP contribution < -0.4 is 0 Å². The van der Waals surface area contributed by atoms with Gasteiger partial charge in [-0.1, -0.05) is 44.5 Å². The molecule has 1 rings (SSSR count). The van der Waals surface area contributed by atoms with Crippen molar-refractivity contribution >= 4 is 5.97 Å². The quantitative estimate of drug-likeness (QED) is 0.846. The van der Waals surface area contributed by atoms with E-state index in [2.05, 4.69) is 26.8 Å². The number of carboxylic acids is 1. The molecular formula is C14H20O3. The van der Waals surface area contributed by atoms with Crippen LogP contribution in [0.15, 0.2) is 18.2 Å². The third-order valence-electron chi connectivity index (χ3n) is 2.72. The minimum atomic E-state index is -1.33. The molecule has 1 unspecified atom stereocenters. The van der Waals surface area contributed by atoms with Crippen LogP contribution >= 0.6 is 0 Å². The van der Waals surface area contributed by atoms with Crippen molar-refractivity contribution in [2.75, 3.05) is 0 Å². The molecule has 0 saturated carbocycles. The van der Waals surface area contributed by atoms with E-state index in [-0.39, 0.29) is 11.8 Å². The molecule has 0 aliphatic heterocycles. The van der Waals surface area contributed by atoms with E-state index >= 15 is 0 Å². The molecule has 0 aromatic heterocycles. The van der Waals surface area contributed by atoms with Crippen molar-refractivity contribution in [1.29, 1.82) is 0 Å². The third kappa shape index (κ3) is 3.86. The maximum Gasteiger partial charge on any atom is 0.332 e. The van der Waals surface area contributed by atoms with Crippen LogP contribution in [0.1, 0.15) is 37.5 Å². The molecule has 0 heterocycles. The lowest BCUT2D eigenvalue weighted by Crippen LogP contribution is -2.22. The Labute approximate surface area is 102 Å². The second-order valence-electron chi connectivity index (χ2n) is 5.52. The molecule has 0 radical (unpaired) electrons. The Hall–Kier alpha value is -1.35. The average molecular weight is 236 g/mol. The van der Waals surface area contributed by atoms with Crippen LogP contribution in [0.25, 0.3) is 0 Å². The topological polar surface area (TPSA) is 57.5 Å². The zero-order valence-electron chi connectivity index (χ0n) is 10.8. The lowest BCUT2D eigenvalue weighted by molar-refractivity contribution is -0.146. The minimum Gasteiger partial charge on any atom is -0.479 e. The Morgan fingerprint density at radius 2 is 1.88 bits per heavy atom. The summed E-state index contributed by atoms with van der Waals surface area (Å²) in [5.74, 6) is -1.18. The predicted molar refractivity (Wildman–Crippen MR) is 67.2 cm³/mol. The number of carbonyl (C=O) groups is 1. The molecule has 1 atom stereocenters. The summed E-state index contributed by atoms with van der Waals surface area (Å²) in [6.45, 7) is 8.31. The number of carboxylic acid groups (broad SMARTS) is 1. The molecule has 3 heteroatoms. The Morgan fingerprint density at radius 3 is 2.35 bits per heavy atom. The molecular weight excluding hydrogens is 216 g/mol. The fourth-order valence-electron chi connectivity index (χ4n) is 1.72. The van der Waals surface area contributed by atoms with Gasteiger partial charge in [0.1, 0.15) is 0 Å². The lowest BCUT2D eigenvalue weighted by atomic mass is 9.84. The molecule has 1 aromatic rings. The van der Waals surface area contributed by atoms with Crippen molar-refractivity contribution < 1.29 is 15.0 Å². The number of aliphatic carboxylic acids is 1. The van der Waals surface area contributed by atoms with Gasteiger partial charge in [-0.2, -0.15) is 0 Å². The molecule has 2 N–H and O–H groups in total. The highest BCUT2D eigenvalue weighted by molar-refractivity contribution is 5.72. The van der Waals surface area contributed by atoms with Crippen molar-refractivity contribution in [3.63, 3.8) is 0 Å². The first-order valence-corrected chi connectivity index (χ1v) is 5.72. The van der Waals surface area contributed by atoms with Crippen molar-refractivity contribution in [2.24, 2.45) is 0 Å². The van der Waals surface area contributed by atoms with Gasteiger partial charge in [0.25, 0.3) is 0 Å². The summed E-state index contributed by atoms with van der Waals surface area (Å²) in [4.78, 5) is 10.6. The van der Waals surface area contributed by atoms with Gasteiger partial charge in [-0.05, 0) is 23.5 Å². The molecule has 0 aliphatic rings. The lowest BCUT2D eigenvalue weighted by Gasteiger charge is -2.21. The van der Waals surface area contributed by atoms with Crippen LogP contribution in [0.5, 0.6) is 0 Å². The summed E-state index contributed by atoms with van der Waals surface area (Å²) in [5.41, 5.74) is 3.13. The number of aliphatic hydroxyl groups excluding tert-OH is 1. The van der Waals surface area contributed by atoms with Gasteiger partial charge in [0.05, 0.1) is 0 Å². The Balaban J connectivity index is 3.02. The van der Waals surface area contributed by atoms with E-state index in [0.29, 0.717) is 0 Å². The van der Waals surface area contributed by atoms with E-state index in [9.17, 15) is 9.90 Å². The first kappa shape index (κ1) is 13.7. The smallest absolute Gasteiger partial charge is 0.332 e. The van der Waals surface area contributed by atoms with Crippen LogP contribution in [-0.4, -0.2) is 22.3 Å². The van der Waals surface area contributed by atoms with Crippen LogP contribution in [-0.2, 0) is 16.6 Å². The van der Waals surface area contributed by atoms with Gasteiger partial charge in [0.2, 0.25) is 0 Å². The number of aliphatic hydroxyl groups is 1. The van der Waals surface area contributed by atoms with Crippen LogP contribution in [0, 0.1) is 6.92 Å². The number of aryl methyl sites for hydroxylation is 1. The van der Waals surface area contributed by atoms with E-state index in [1.807, 2.05) is 19.1 Å². The van der Waals surface area contributed by atoms with Gasteiger partial charge < -0.3 is 10.2 Å². The second kappa shape index (κ2) is 4.88. The highest BCUT2D eigenvalue weighted by Crippen LogP contribution is 2.24. The zero-order valence-corrected chi connectivity index (χ0v) is 10.8. The minimum absolute atomic E-state index is 0.0228. The molecule has 0 spiro atoms. The number of rotatable bonds is 3. The molecule has 94 valence electrons. The van der Waals surface area contributed by atoms with E-state index in [0.717, 1.165) is 16.7 Å². The molecule has 1 aromatic carbocycles. The van der Waals surface area contributed by atoms with Crippen LogP contribution in [0.2, 0.25) is 0 Å². The van der Waals surface area contributed by atoms with Gasteiger partial charge in [0, 0.05) is 6.42 Å². The maximum atomic E-state index is 10.6. The Bertz CT molecular complexity index is 416. The van der Waals surface area contributed by atoms with Crippen molar-refractivity contribution in [3.05, 3.63) is 34.9 Å². The molecule has 17 heavy (non-hydrogen) atoms. The zero-order chi connectivity index (χ0) is 13.2. The third-order valence-corrected chi connectivity index (χ3v) is 2.72. The SMILES string of the molecule is Cc1cc(CC(O)C(=O)O)cc(C(C)(C)C)c1. The van der Waals surface area contributed by atoms with Gasteiger partial charge >= 0.3 is 5.97 Å². The monoisotopic (exact) mass is 236 g/mol. The summed E-state index contributed by atoms with van der Waals surface area (Å²) in [6, 6.07) is 5.98. The normalized spacial score (nSPS) is 13.5. The molecule has 0 aliphatic carbocycles. The summed E-state index contributed by atoms with van der Waals surface area (Å²) in [5, 5.41) is 18.1. The number of hydrogen-bond acceptors (Lipinski definition) is 2. The number of hydrogen-bond donors (Lipinski definition) is 2. The highest BCUT2D eigenvalue weighted by atomic mass is 16.4. The van der Waals surface area contributed by atoms with E-state index in [4.69, 9.17) is 5.11 Å². The average Bonchev–Trinajstić information content (AvgIpc) is 2.15. The Morgan fingerprint density at radius 1 is 1.29 bits per heavy atom. The van der Waals surface area contributed by atoms with E-state index < -0.39 is 12.1 Å². The molecule has 0 saturated heterocycles. The summed E-state index contributed by atoms with van der Waals surface area (Å²) < 4.78 is 0. The molecule has 0 amide bonds. The summed E-state index contributed by atoms with van der Waals surface area (Å²) in [6.07, 6.45) is -1.18. The van der Waals surface area contributed by atoms with E-state index in [1.165, 1.54) is 0 Å². The van der Waals surface area contributed by atoms with Gasteiger partial charge in [-0.25, -0.2) is 4.79 Å². The summed E-state index contributed by atoms with van der Waals surface area (Å²) in [7, 11) is 0. The van der Waals surface area contributed by atoms with Gasteiger partial charge in [-0.3, -0.25) is 0 Å². The molecule has 3 nitrogen and oxygen atoms in total. The number of benzene rings is 1. The molecule has 0 bridgehead atoms. The van der Waals surface area contributed by atoms with Crippen LogP contribution in [0.3, 0.4) is 0 Å². The highest BCUT2D eigenvalue weighted by Gasteiger charge is 2.18. The largest absolute Gasteiger partial charge is 0.479 e. The predicted octanol–water partition coefficient (Wildman–Crippen LogP) is 2.28. The summed E-state index contributed by atoms with van der Waals surface area (Å²) >= 11 is 0. The van der Waals surface area contributed by atoms with Crippen molar-refractivity contribution in [3.8, 4) is 0 Å². The fourth-order valence-corrected chi connectivity index (χ4v) is 1.72. The molecule has 0 fully saturated rings. The first-order chi connectivity index (χ1) is 7.70. The Kier molecular flexibility index (Phi) is 3.94. The first-order valence-electron chi connectivity index (χ1n) is 5.72. The maximum absolute atomic E-state index is 10.6. The van der Waals surface area contributed by atoms with Crippen molar-refractivity contribution in [1.82, 2.24) is 0 Å². The second-order valence-corrected chi connectivity index (χ2v) is 5.52. The fraction of sp³-hybridized carbons (Fsp3) is 0.500. The standard InChI is InChI=1S/C14H20O3/c1-9-5-10(8-12(15)13(16)17)7-11(6-9)14(2,3)4/h5-7,12,15H,8H2,1-4H3,(H,16,17). The van der Waals surface area contributed by atoms with Gasteiger partial charge in [-0.15, -0.1) is 0 Å². The van der Waals surface area contributed by atoms with Crippen molar-refractivity contribution in [2.45, 2.75) is 45.6 Å². The van der Waals surface area contributed by atoms with Gasteiger partial charge in [0.15, 0.2) is 6.10 Å². The van der Waals surface area contributed by atoms with Crippen LogP contribution in [0.4, 0.5) is 0 Å².